The molecule has 1 aromatic heterocycles. The fourth-order valence-electron chi connectivity index (χ4n) is 3.22. The van der Waals surface area contributed by atoms with E-state index < -0.39 is 0 Å². The van der Waals surface area contributed by atoms with Gasteiger partial charge >= 0.3 is 0 Å². The highest BCUT2D eigenvalue weighted by molar-refractivity contribution is 5.86. The first-order chi connectivity index (χ1) is 9.81. The van der Waals surface area contributed by atoms with Crippen LogP contribution in [0.4, 0.5) is 0 Å². The number of rotatable bonds is 1. The zero-order valence-corrected chi connectivity index (χ0v) is 11.6. The number of hydrogen-bond donors (Lipinski definition) is 0. The number of nitrogens with zero attached hydrogens (tertiary/aromatic N) is 1. The van der Waals surface area contributed by atoms with E-state index in [9.17, 15) is 0 Å². The molecule has 1 aliphatic carbocycles. The monoisotopic (exact) mass is 259 g/mol. The summed E-state index contributed by atoms with van der Waals surface area (Å²) in [5, 5.41) is 2.67. The van der Waals surface area contributed by atoms with Gasteiger partial charge in [-0.05, 0) is 46.5 Å². The number of aromatic nitrogens is 1. The summed E-state index contributed by atoms with van der Waals surface area (Å²) < 4.78 is 2.22. The Labute approximate surface area is 119 Å². The number of fused-ring (bicyclic) bond motifs is 2. The van der Waals surface area contributed by atoms with Gasteiger partial charge in [-0.1, -0.05) is 42.5 Å². The Morgan fingerprint density at radius 2 is 1.80 bits per heavy atom. The number of hydrogen-bond acceptors (Lipinski definition) is 0. The molecule has 1 nitrogen and oxygen atoms in total. The Morgan fingerprint density at radius 1 is 1.00 bits per heavy atom. The minimum Gasteiger partial charge on any atom is -0.354 e. The maximum absolute atomic E-state index is 2.35. The van der Waals surface area contributed by atoms with Crippen molar-refractivity contribution in [3.63, 3.8) is 0 Å². The normalized spacial score (nSPS) is 17.4. The molecule has 0 radical (unpaired) electrons. The van der Waals surface area contributed by atoms with Crippen molar-refractivity contribution in [2.75, 3.05) is 0 Å². The van der Waals surface area contributed by atoms with Gasteiger partial charge in [-0.15, -0.1) is 0 Å². The third kappa shape index (κ3) is 1.78. The third-order valence-corrected chi connectivity index (χ3v) is 4.32. The molecular formula is C19H17N. The Hall–Kier alpha value is -2.28. The van der Waals surface area contributed by atoms with Gasteiger partial charge in [0.25, 0.3) is 0 Å². The minimum atomic E-state index is 0.490. The molecule has 4 rings (SSSR count). The molecule has 0 saturated heterocycles. The van der Waals surface area contributed by atoms with E-state index in [1.165, 1.54) is 27.6 Å². The van der Waals surface area contributed by atoms with Gasteiger partial charge in [0.1, 0.15) is 0 Å². The van der Waals surface area contributed by atoms with E-state index in [2.05, 4.69) is 78.5 Å². The van der Waals surface area contributed by atoms with Crippen molar-refractivity contribution >= 4 is 16.8 Å². The predicted octanol–water partition coefficient (Wildman–Crippen LogP) is 4.53. The van der Waals surface area contributed by atoms with Crippen molar-refractivity contribution in [3.05, 3.63) is 77.6 Å². The first-order valence-corrected chi connectivity index (χ1v) is 7.12. The second-order valence-electron chi connectivity index (χ2n) is 5.61. The Kier molecular flexibility index (Phi) is 2.53. The van der Waals surface area contributed by atoms with Crippen molar-refractivity contribution < 1.29 is 0 Å². The molecule has 2 aromatic carbocycles. The average Bonchev–Trinajstić information content (AvgIpc) is 2.90. The topological polar surface area (TPSA) is 4.93 Å². The molecule has 0 bridgehead atoms. The fourth-order valence-corrected chi connectivity index (χ4v) is 3.22. The van der Waals surface area contributed by atoms with E-state index in [1.807, 2.05) is 0 Å². The maximum atomic E-state index is 2.35. The first kappa shape index (κ1) is 11.5. The molecule has 0 amide bonds. The zero-order chi connectivity index (χ0) is 13.5. The molecule has 3 aromatic rings. The summed E-state index contributed by atoms with van der Waals surface area (Å²) in [6, 6.07) is 17.6. The van der Waals surface area contributed by atoms with Crippen LogP contribution in [0.1, 0.15) is 22.7 Å². The molecule has 0 fully saturated rings. The average molecular weight is 259 g/mol. The summed E-state index contributed by atoms with van der Waals surface area (Å²) in [4.78, 5) is 0. The number of aryl methyl sites for hydroxylation is 1. The summed E-state index contributed by atoms with van der Waals surface area (Å²) in [7, 11) is 2.12. The molecule has 0 aliphatic heterocycles. The third-order valence-electron chi connectivity index (χ3n) is 4.32. The van der Waals surface area contributed by atoms with Gasteiger partial charge in [0.2, 0.25) is 0 Å². The zero-order valence-electron chi connectivity index (χ0n) is 11.6. The summed E-state index contributed by atoms with van der Waals surface area (Å²) in [5.41, 5.74) is 4.21. The van der Waals surface area contributed by atoms with Crippen LogP contribution in [-0.2, 0) is 13.5 Å². The van der Waals surface area contributed by atoms with Crippen LogP contribution in [0.2, 0.25) is 0 Å². The van der Waals surface area contributed by atoms with Gasteiger partial charge in [0, 0.05) is 24.9 Å². The first-order valence-electron chi connectivity index (χ1n) is 7.12. The highest BCUT2D eigenvalue weighted by atomic mass is 14.9. The molecule has 1 atom stereocenters. The van der Waals surface area contributed by atoms with Crippen molar-refractivity contribution in [2.45, 2.75) is 12.3 Å². The van der Waals surface area contributed by atoms with Crippen LogP contribution in [-0.4, -0.2) is 4.57 Å². The lowest BCUT2D eigenvalue weighted by molar-refractivity contribution is 0.730. The Morgan fingerprint density at radius 3 is 2.55 bits per heavy atom. The standard InChI is InChI=1S/C19H17N/c1-20-10-4-7-19(20)17-9-8-16-11-14-5-2-3-6-15(14)12-18(16)13-17/h2-12,17H,13H2,1H3/t17-/m0/s1. The van der Waals surface area contributed by atoms with E-state index in [1.54, 1.807) is 0 Å². The SMILES string of the molecule is Cn1cccc1[C@H]1C=Cc2cc3ccccc3cc2C1. The van der Waals surface area contributed by atoms with Crippen LogP contribution in [0.5, 0.6) is 0 Å². The molecule has 0 spiro atoms. The van der Waals surface area contributed by atoms with Crippen molar-refractivity contribution in [1.29, 1.82) is 0 Å². The minimum absolute atomic E-state index is 0.490. The number of allylic oxidation sites excluding steroid dienone is 1. The van der Waals surface area contributed by atoms with Gasteiger partial charge in [0.15, 0.2) is 0 Å². The quantitative estimate of drug-likeness (QED) is 0.605. The van der Waals surface area contributed by atoms with E-state index in [0.29, 0.717) is 5.92 Å². The second-order valence-corrected chi connectivity index (χ2v) is 5.61. The van der Waals surface area contributed by atoms with Crippen LogP contribution in [0.25, 0.3) is 16.8 Å². The highest BCUT2D eigenvalue weighted by Gasteiger charge is 2.17. The molecule has 0 N–H and O–H groups in total. The van der Waals surface area contributed by atoms with Gasteiger partial charge in [0.05, 0.1) is 0 Å². The van der Waals surface area contributed by atoms with Gasteiger partial charge in [-0.2, -0.15) is 0 Å². The lowest BCUT2D eigenvalue weighted by Crippen LogP contribution is -2.09. The van der Waals surface area contributed by atoms with E-state index in [-0.39, 0.29) is 0 Å². The summed E-state index contributed by atoms with van der Waals surface area (Å²) in [5.74, 6) is 0.490. The van der Waals surface area contributed by atoms with E-state index >= 15 is 0 Å². The van der Waals surface area contributed by atoms with Gasteiger partial charge in [-0.25, -0.2) is 0 Å². The Bertz CT molecular complexity index is 807. The maximum Gasteiger partial charge on any atom is 0.0244 e. The molecule has 20 heavy (non-hydrogen) atoms. The van der Waals surface area contributed by atoms with Crippen LogP contribution < -0.4 is 0 Å². The Balaban J connectivity index is 1.80. The van der Waals surface area contributed by atoms with Crippen molar-refractivity contribution in [3.8, 4) is 0 Å². The molecule has 1 heterocycles. The molecule has 98 valence electrons. The van der Waals surface area contributed by atoms with E-state index in [0.717, 1.165) is 6.42 Å². The molecular weight excluding hydrogens is 242 g/mol. The molecule has 0 saturated carbocycles. The van der Waals surface area contributed by atoms with Crippen LogP contribution in [0.15, 0.2) is 60.8 Å². The summed E-state index contributed by atoms with van der Waals surface area (Å²) in [6.45, 7) is 0. The van der Waals surface area contributed by atoms with Crippen molar-refractivity contribution in [1.82, 2.24) is 4.57 Å². The second kappa shape index (κ2) is 4.38. The lowest BCUT2D eigenvalue weighted by Gasteiger charge is -2.21. The summed E-state index contributed by atoms with van der Waals surface area (Å²) >= 11 is 0. The summed E-state index contributed by atoms with van der Waals surface area (Å²) in [6.07, 6.45) is 7.84. The predicted molar refractivity (Wildman–Crippen MR) is 84.8 cm³/mol. The molecule has 0 unspecified atom stereocenters. The van der Waals surface area contributed by atoms with Crippen molar-refractivity contribution in [2.24, 2.45) is 7.05 Å². The van der Waals surface area contributed by atoms with Crippen LogP contribution in [0, 0.1) is 0 Å². The smallest absolute Gasteiger partial charge is 0.0244 e. The fraction of sp³-hybridized carbons (Fsp3) is 0.158. The van der Waals surface area contributed by atoms with Gasteiger partial charge < -0.3 is 4.57 Å². The van der Waals surface area contributed by atoms with Crippen LogP contribution in [0.3, 0.4) is 0 Å². The van der Waals surface area contributed by atoms with Crippen LogP contribution >= 0.6 is 0 Å². The number of benzene rings is 2. The molecule has 1 aliphatic rings. The highest BCUT2D eigenvalue weighted by Crippen LogP contribution is 2.32. The lowest BCUT2D eigenvalue weighted by atomic mass is 9.86. The van der Waals surface area contributed by atoms with E-state index in [4.69, 9.17) is 0 Å². The van der Waals surface area contributed by atoms with Gasteiger partial charge in [-0.3, -0.25) is 0 Å². The largest absolute Gasteiger partial charge is 0.354 e. The molecule has 1 heteroatoms.